The molecule has 0 bridgehead atoms. The second-order valence-corrected chi connectivity index (χ2v) is 6.16. The Labute approximate surface area is 144 Å². The summed E-state index contributed by atoms with van der Waals surface area (Å²) < 4.78 is 10.5. The van der Waals surface area contributed by atoms with E-state index in [1.54, 1.807) is 12.1 Å². The van der Waals surface area contributed by atoms with Gasteiger partial charge in [-0.15, -0.1) is 0 Å². The molecule has 0 aliphatic heterocycles. The van der Waals surface area contributed by atoms with Crippen LogP contribution < -0.4 is 4.74 Å². The smallest absolute Gasteiger partial charge is 0.302 e. The fourth-order valence-corrected chi connectivity index (χ4v) is 2.72. The Morgan fingerprint density at radius 2 is 2.00 bits per heavy atom. The van der Waals surface area contributed by atoms with Crippen molar-refractivity contribution in [3.05, 3.63) is 23.8 Å². The van der Waals surface area contributed by atoms with Crippen molar-refractivity contribution in [2.45, 2.75) is 71.0 Å². The Bertz CT molecular complexity index is 501. The van der Waals surface area contributed by atoms with E-state index in [4.69, 9.17) is 9.47 Å². The highest BCUT2D eigenvalue weighted by Gasteiger charge is 2.17. The molecule has 0 aliphatic carbocycles. The molecular weight excluding hydrogens is 308 g/mol. The molecule has 2 atom stereocenters. The molecular formula is C19H30O5. The number of phenolic OH excluding ortho intramolecular Hbond substituents is 1. The van der Waals surface area contributed by atoms with Crippen LogP contribution in [-0.4, -0.2) is 35.5 Å². The first-order valence-corrected chi connectivity index (χ1v) is 8.67. The molecule has 0 amide bonds. The Balaban J connectivity index is 2.57. The number of unbranched alkanes of at least 4 members (excludes halogenated alkanes) is 2. The lowest BCUT2D eigenvalue weighted by molar-refractivity contribution is -0.148. The molecule has 5 heteroatoms. The number of hydrogen-bond donors (Lipinski definition) is 2. The van der Waals surface area contributed by atoms with Crippen molar-refractivity contribution in [1.29, 1.82) is 0 Å². The van der Waals surface area contributed by atoms with Gasteiger partial charge in [-0.1, -0.05) is 32.3 Å². The van der Waals surface area contributed by atoms with Crippen molar-refractivity contribution < 1.29 is 24.5 Å². The van der Waals surface area contributed by atoms with E-state index in [0.717, 1.165) is 31.2 Å². The number of phenols is 1. The lowest BCUT2D eigenvalue weighted by Gasteiger charge is -2.20. The Kier molecular flexibility index (Phi) is 9.23. The summed E-state index contributed by atoms with van der Waals surface area (Å²) in [5.74, 6) is 0.198. The van der Waals surface area contributed by atoms with E-state index < -0.39 is 6.10 Å². The van der Waals surface area contributed by atoms with Crippen molar-refractivity contribution in [3.8, 4) is 11.5 Å². The second kappa shape index (κ2) is 10.9. The molecule has 5 nitrogen and oxygen atoms in total. The minimum atomic E-state index is -0.449. The highest BCUT2D eigenvalue weighted by Crippen LogP contribution is 2.27. The van der Waals surface area contributed by atoms with E-state index >= 15 is 0 Å². The molecule has 2 N–H and O–H groups in total. The molecule has 0 aliphatic rings. The lowest BCUT2D eigenvalue weighted by atomic mass is 9.99. The van der Waals surface area contributed by atoms with Gasteiger partial charge in [0.05, 0.1) is 13.2 Å². The van der Waals surface area contributed by atoms with Crippen LogP contribution in [0.25, 0.3) is 0 Å². The quantitative estimate of drug-likeness (QED) is 0.476. The van der Waals surface area contributed by atoms with Gasteiger partial charge in [0, 0.05) is 13.3 Å². The highest BCUT2D eigenvalue weighted by atomic mass is 16.5. The molecule has 0 radical (unpaired) electrons. The molecule has 0 spiro atoms. The van der Waals surface area contributed by atoms with E-state index in [0.29, 0.717) is 25.0 Å². The number of carbonyl (C=O) groups excluding carboxylic acids is 1. The number of aromatic hydroxyl groups is 1. The number of carbonyl (C=O) groups is 1. The number of benzene rings is 1. The van der Waals surface area contributed by atoms with Gasteiger partial charge in [-0.05, 0) is 37.0 Å². The second-order valence-electron chi connectivity index (χ2n) is 6.16. The van der Waals surface area contributed by atoms with Crippen molar-refractivity contribution in [2.75, 3.05) is 7.11 Å². The molecule has 0 fully saturated rings. The maximum absolute atomic E-state index is 11.3. The molecule has 136 valence electrons. The van der Waals surface area contributed by atoms with Crippen LogP contribution in [0.3, 0.4) is 0 Å². The average molecular weight is 338 g/mol. The van der Waals surface area contributed by atoms with Gasteiger partial charge in [0.1, 0.15) is 6.10 Å². The third-order valence-corrected chi connectivity index (χ3v) is 4.01. The third-order valence-electron chi connectivity index (χ3n) is 4.01. The molecule has 0 aromatic heterocycles. The average Bonchev–Trinajstić information content (AvgIpc) is 2.53. The maximum Gasteiger partial charge on any atom is 0.302 e. The molecule has 0 saturated heterocycles. The number of methoxy groups -OCH3 is 1. The van der Waals surface area contributed by atoms with Gasteiger partial charge in [0.15, 0.2) is 11.5 Å². The van der Waals surface area contributed by atoms with Gasteiger partial charge in [0.25, 0.3) is 0 Å². The first kappa shape index (κ1) is 20.3. The number of hydrogen-bond acceptors (Lipinski definition) is 5. The molecule has 1 aromatic rings. The standard InChI is InChI=1S/C19H30O5/c1-4-5-6-7-16(21)13-17(24-14(2)20)10-8-15-9-11-18(22)19(12-15)23-3/h9,11-12,16-17,21-22H,4-8,10,13H2,1-3H3/t16-,17+/m0/s1. The molecule has 1 rings (SSSR count). The van der Waals surface area contributed by atoms with Gasteiger partial charge in [-0.3, -0.25) is 4.79 Å². The zero-order valence-corrected chi connectivity index (χ0v) is 15.0. The number of esters is 1. The summed E-state index contributed by atoms with van der Waals surface area (Å²) in [6, 6.07) is 5.19. The maximum atomic E-state index is 11.3. The van der Waals surface area contributed by atoms with Gasteiger partial charge < -0.3 is 19.7 Å². The number of aryl methyl sites for hydroxylation is 1. The van der Waals surface area contributed by atoms with Crippen LogP contribution in [0.4, 0.5) is 0 Å². The summed E-state index contributed by atoms with van der Waals surface area (Å²) in [6.45, 7) is 3.51. The Morgan fingerprint density at radius 3 is 2.62 bits per heavy atom. The van der Waals surface area contributed by atoms with Crippen LogP contribution in [0.15, 0.2) is 18.2 Å². The summed E-state index contributed by atoms with van der Waals surface area (Å²) >= 11 is 0. The van der Waals surface area contributed by atoms with E-state index in [2.05, 4.69) is 6.92 Å². The summed E-state index contributed by atoms with van der Waals surface area (Å²) in [7, 11) is 1.51. The Hall–Kier alpha value is -1.75. The highest BCUT2D eigenvalue weighted by molar-refractivity contribution is 5.66. The van der Waals surface area contributed by atoms with Crippen LogP contribution in [0.1, 0.15) is 57.9 Å². The number of ether oxygens (including phenoxy) is 2. The zero-order chi connectivity index (χ0) is 17.9. The monoisotopic (exact) mass is 338 g/mol. The van der Waals surface area contributed by atoms with Crippen LogP contribution >= 0.6 is 0 Å². The first-order chi connectivity index (χ1) is 11.5. The molecule has 24 heavy (non-hydrogen) atoms. The van der Waals surface area contributed by atoms with Crippen LogP contribution in [0.2, 0.25) is 0 Å². The first-order valence-electron chi connectivity index (χ1n) is 8.67. The molecule has 1 aromatic carbocycles. The van der Waals surface area contributed by atoms with E-state index in [1.165, 1.54) is 14.0 Å². The van der Waals surface area contributed by atoms with Crippen molar-refractivity contribution in [3.63, 3.8) is 0 Å². The van der Waals surface area contributed by atoms with Crippen LogP contribution in [0, 0.1) is 0 Å². The molecule has 0 saturated carbocycles. The van der Waals surface area contributed by atoms with E-state index in [-0.39, 0.29) is 17.8 Å². The normalized spacial score (nSPS) is 13.3. The summed E-state index contributed by atoms with van der Waals surface area (Å²) in [5, 5.41) is 19.8. The Morgan fingerprint density at radius 1 is 1.25 bits per heavy atom. The van der Waals surface area contributed by atoms with Crippen molar-refractivity contribution >= 4 is 5.97 Å². The van der Waals surface area contributed by atoms with E-state index in [9.17, 15) is 15.0 Å². The topological polar surface area (TPSA) is 76.0 Å². The summed E-state index contributed by atoms with van der Waals surface area (Å²) in [5.41, 5.74) is 0.988. The lowest BCUT2D eigenvalue weighted by Crippen LogP contribution is -2.23. The minimum absolute atomic E-state index is 0.101. The van der Waals surface area contributed by atoms with Crippen LogP contribution in [0.5, 0.6) is 11.5 Å². The molecule has 0 unspecified atom stereocenters. The third kappa shape index (κ3) is 7.68. The van der Waals surface area contributed by atoms with Crippen molar-refractivity contribution in [2.24, 2.45) is 0 Å². The fraction of sp³-hybridized carbons (Fsp3) is 0.632. The fourth-order valence-electron chi connectivity index (χ4n) is 2.72. The van der Waals surface area contributed by atoms with E-state index in [1.807, 2.05) is 6.07 Å². The zero-order valence-electron chi connectivity index (χ0n) is 15.0. The van der Waals surface area contributed by atoms with Gasteiger partial charge >= 0.3 is 5.97 Å². The SMILES string of the molecule is CCCCC[C@H](O)C[C@@H](CCc1ccc(O)c(OC)c1)OC(C)=O. The van der Waals surface area contributed by atoms with Crippen LogP contribution in [-0.2, 0) is 16.0 Å². The van der Waals surface area contributed by atoms with Crippen molar-refractivity contribution in [1.82, 2.24) is 0 Å². The van der Waals surface area contributed by atoms with Gasteiger partial charge in [-0.25, -0.2) is 0 Å². The summed E-state index contributed by atoms with van der Waals surface area (Å²) in [4.78, 5) is 11.3. The predicted octanol–water partition coefficient (Wildman–Crippen LogP) is 3.60. The molecule has 0 heterocycles. The minimum Gasteiger partial charge on any atom is -0.504 e. The predicted molar refractivity (Wildman–Crippen MR) is 93.3 cm³/mol. The van der Waals surface area contributed by atoms with Gasteiger partial charge in [-0.2, -0.15) is 0 Å². The summed E-state index contributed by atoms with van der Waals surface area (Å²) in [6.07, 6.45) is 4.94. The number of rotatable bonds is 11. The number of aliphatic hydroxyl groups excluding tert-OH is 1. The number of aliphatic hydroxyl groups is 1. The van der Waals surface area contributed by atoms with Gasteiger partial charge in [0.2, 0.25) is 0 Å². The largest absolute Gasteiger partial charge is 0.504 e.